The van der Waals surface area contributed by atoms with Crippen molar-refractivity contribution in [3.05, 3.63) is 66.2 Å². The maximum Gasteiger partial charge on any atom is 0.418 e. The van der Waals surface area contributed by atoms with E-state index in [-0.39, 0.29) is 0 Å². The first kappa shape index (κ1) is 14.8. The molecule has 2 aromatic rings. The van der Waals surface area contributed by atoms with Gasteiger partial charge in [-0.25, -0.2) is 0 Å². The van der Waals surface area contributed by atoms with E-state index in [0.717, 1.165) is 17.3 Å². The van der Waals surface area contributed by atoms with Crippen molar-refractivity contribution in [3.63, 3.8) is 0 Å². The van der Waals surface area contributed by atoms with E-state index in [4.69, 9.17) is 0 Å². The van der Waals surface area contributed by atoms with E-state index in [0.29, 0.717) is 11.4 Å². The van der Waals surface area contributed by atoms with Gasteiger partial charge in [-0.3, -0.25) is 0 Å². The molecule has 106 valence electrons. The van der Waals surface area contributed by atoms with Crippen LogP contribution in [0.15, 0.2) is 60.7 Å². The molecule has 1 atom stereocenters. The normalized spacial score (nSPS) is 12.9. The van der Waals surface area contributed by atoms with Crippen LogP contribution < -0.4 is 5.32 Å². The molecular weight excluding hydrogens is 283 g/mol. The Kier molecular flexibility index (Phi) is 4.95. The third-order valence-electron chi connectivity index (χ3n) is 2.63. The van der Waals surface area contributed by atoms with E-state index in [2.05, 4.69) is 5.32 Å². The molecule has 2 aromatic carbocycles. The molecule has 0 aromatic heterocycles. The number of alkyl halides is 3. The quantitative estimate of drug-likeness (QED) is 0.786. The predicted octanol–water partition coefficient (Wildman–Crippen LogP) is 4.92. The number of hydrogen-bond acceptors (Lipinski definition) is 2. The van der Waals surface area contributed by atoms with Gasteiger partial charge in [0.05, 0.1) is 0 Å². The van der Waals surface area contributed by atoms with Gasteiger partial charge in [0, 0.05) is 11.4 Å². The number of thioether (sulfide) groups is 1. The van der Waals surface area contributed by atoms with Crippen LogP contribution in [0.4, 0.5) is 18.9 Å². The van der Waals surface area contributed by atoms with E-state index in [1.165, 1.54) is 0 Å². The van der Waals surface area contributed by atoms with Gasteiger partial charge in [0.1, 0.15) is 0 Å². The van der Waals surface area contributed by atoms with E-state index in [9.17, 15) is 13.2 Å². The number of halogens is 3. The Morgan fingerprint density at radius 2 is 1.45 bits per heavy atom. The lowest BCUT2D eigenvalue weighted by Gasteiger charge is -2.22. The van der Waals surface area contributed by atoms with Crippen molar-refractivity contribution in [1.29, 1.82) is 0 Å². The number of hydrogen-bond donors (Lipinski definition) is 1. The Morgan fingerprint density at radius 3 is 2.00 bits per heavy atom. The third kappa shape index (κ3) is 4.49. The summed E-state index contributed by atoms with van der Waals surface area (Å²) in [6.45, 7) is 0. The van der Waals surface area contributed by atoms with Gasteiger partial charge < -0.3 is 5.32 Å². The molecule has 20 heavy (non-hydrogen) atoms. The van der Waals surface area contributed by atoms with Crippen molar-refractivity contribution in [1.82, 2.24) is 0 Å². The van der Waals surface area contributed by atoms with Gasteiger partial charge in [-0.2, -0.15) is 13.2 Å². The van der Waals surface area contributed by atoms with Crippen LogP contribution in [0.5, 0.6) is 0 Å². The third-order valence-corrected chi connectivity index (χ3v) is 3.85. The maximum absolute atomic E-state index is 13.0. The summed E-state index contributed by atoms with van der Waals surface area (Å²) in [5, 5.41) is 0.907. The molecule has 0 aliphatic heterocycles. The minimum atomic E-state index is -4.30. The van der Waals surface area contributed by atoms with Gasteiger partial charge in [0.15, 0.2) is 5.37 Å². The summed E-state index contributed by atoms with van der Waals surface area (Å²) < 4.78 is 39.1. The SMILES string of the molecule is FC(F)(F)[C@H](Nc1ccccc1)SCc1ccccc1. The van der Waals surface area contributed by atoms with Gasteiger partial charge in [-0.05, 0) is 17.7 Å². The zero-order valence-electron chi connectivity index (χ0n) is 10.6. The number of para-hydroxylation sites is 1. The zero-order chi connectivity index (χ0) is 14.4. The molecular formula is C15H14F3NS. The summed E-state index contributed by atoms with van der Waals surface area (Å²) in [5.74, 6) is 0.310. The van der Waals surface area contributed by atoms with Crippen molar-refractivity contribution >= 4 is 17.4 Å². The highest BCUT2D eigenvalue weighted by molar-refractivity contribution is 7.99. The minimum Gasteiger partial charge on any atom is -0.366 e. The van der Waals surface area contributed by atoms with Crippen LogP contribution in [0.2, 0.25) is 0 Å². The lowest BCUT2D eigenvalue weighted by atomic mass is 10.2. The first-order chi connectivity index (χ1) is 9.55. The van der Waals surface area contributed by atoms with Crippen molar-refractivity contribution in [2.45, 2.75) is 17.3 Å². The Balaban J connectivity index is 2.01. The fourth-order valence-electron chi connectivity index (χ4n) is 1.66. The molecule has 0 aliphatic rings. The van der Waals surface area contributed by atoms with Crippen molar-refractivity contribution in [2.24, 2.45) is 0 Å². The summed E-state index contributed by atoms with van der Waals surface area (Å²) >= 11 is 0.840. The fraction of sp³-hybridized carbons (Fsp3) is 0.200. The number of rotatable bonds is 5. The van der Waals surface area contributed by atoms with Gasteiger partial charge in [0.2, 0.25) is 0 Å². The first-order valence-corrected chi connectivity index (χ1v) is 7.14. The molecule has 0 spiro atoms. The topological polar surface area (TPSA) is 12.0 Å². The summed E-state index contributed by atoms with van der Waals surface area (Å²) in [7, 11) is 0. The van der Waals surface area contributed by atoms with Crippen molar-refractivity contribution in [3.8, 4) is 0 Å². The minimum absolute atomic E-state index is 0.310. The fourth-order valence-corrected chi connectivity index (χ4v) is 2.62. The molecule has 5 heteroatoms. The van der Waals surface area contributed by atoms with Crippen LogP contribution in [0, 0.1) is 0 Å². The van der Waals surface area contributed by atoms with E-state index in [1.54, 1.807) is 30.3 Å². The second kappa shape index (κ2) is 6.70. The average Bonchev–Trinajstić information content (AvgIpc) is 2.44. The summed E-state index contributed by atoms with van der Waals surface area (Å²) in [6.07, 6.45) is -4.30. The second-order valence-corrected chi connectivity index (χ2v) is 5.32. The number of benzene rings is 2. The summed E-state index contributed by atoms with van der Waals surface area (Å²) in [5.41, 5.74) is 1.34. The van der Waals surface area contributed by atoms with Crippen LogP contribution >= 0.6 is 11.8 Å². The Morgan fingerprint density at radius 1 is 0.900 bits per heavy atom. The lowest BCUT2D eigenvalue weighted by Crippen LogP contribution is -2.33. The standard InChI is InChI=1S/C15H14F3NS/c16-15(17,18)14(19-13-9-5-2-6-10-13)20-11-12-7-3-1-4-8-12/h1-10,14,19H,11H2/t14-/m1/s1. The molecule has 0 radical (unpaired) electrons. The van der Waals surface area contributed by atoms with Crippen LogP contribution in [0.3, 0.4) is 0 Å². The molecule has 0 aliphatic carbocycles. The molecule has 0 unspecified atom stereocenters. The Bertz CT molecular complexity index is 514. The van der Waals surface area contributed by atoms with E-state index >= 15 is 0 Å². The number of nitrogens with one attached hydrogen (secondary N) is 1. The highest BCUT2D eigenvalue weighted by atomic mass is 32.2. The lowest BCUT2D eigenvalue weighted by molar-refractivity contribution is -0.123. The highest BCUT2D eigenvalue weighted by Crippen LogP contribution is 2.33. The van der Waals surface area contributed by atoms with Crippen LogP contribution in [0.1, 0.15) is 5.56 Å². The van der Waals surface area contributed by atoms with Gasteiger partial charge in [-0.15, -0.1) is 11.8 Å². The number of anilines is 1. The smallest absolute Gasteiger partial charge is 0.366 e. The second-order valence-electron chi connectivity index (χ2n) is 4.23. The molecule has 1 nitrogen and oxygen atoms in total. The molecule has 1 N–H and O–H groups in total. The molecule has 0 fully saturated rings. The van der Waals surface area contributed by atoms with E-state index in [1.807, 2.05) is 30.3 Å². The van der Waals surface area contributed by atoms with Crippen molar-refractivity contribution in [2.75, 3.05) is 5.32 Å². The van der Waals surface area contributed by atoms with Crippen molar-refractivity contribution < 1.29 is 13.2 Å². The molecule has 0 bridgehead atoms. The molecule has 2 rings (SSSR count). The molecule has 0 amide bonds. The van der Waals surface area contributed by atoms with Gasteiger partial charge >= 0.3 is 6.18 Å². The summed E-state index contributed by atoms with van der Waals surface area (Å²) in [6, 6.07) is 17.6. The first-order valence-electron chi connectivity index (χ1n) is 6.09. The summed E-state index contributed by atoms with van der Waals surface area (Å²) in [4.78, 5) is 0. The van der Waals surface area contributed by atoms with Gasteiger partial charge in [0.25, 0.3) is 0 Å². The highest BCUT2D eigenvalue weighted by Gasteiger charge is 2.40. The maximum atomic E-state index is 13.0. The Hall–Kier alpha value is -1.62. The van der Waals surface area contributed by atoms with Gasteiger partial charge in [-0.1, -0.05) is 48.5 Å². The Labute approximate surface area is 120 Å². The molecule has 0 heterocycles. The molecule has 0 saturated carbocycles. The monoisotopic (exact) mass is 297 g/mol. The largest absolute Gasteiger partial charge is 0.418 e. The van der Waals surface area contributed by atoms with Crippen LogP contribution in [0.25, 0.3) is 0 Å². The van der Waals surface area contributed by atoms with Crippen LogP contribution in [-0.4, -0.2) is 11.6 Å². The van der Waals surface area contributed by atoms with Crippen LogP contribution in [-0.2, 0) is 5.75 Å². The predicted molar refractivity (Wildman–Crippen MR) is 77.6 cm³/mol. The molecule has 0 saturated heterocycles. The van der Waals surface area contributed by atoms with E-state index < -0.39 is 11.6 Å². The zero-order valence-corrected chi connectivity index (χ0v) is 11.4. The average molecular weight is 297 g/mol.